The van der Waals surface area contributed by atoms with Crippen molar-refractivity contribution in [3.63, 3.8) is 0 Å². The van der Waals surface area contributed by atoms with Gasteiger partial charge in [-0.3, -0.25) is 24.1 Å². The molecule has 184 valence electrons. The van der Waals surface area contributed by atoms with Gasteiger partial charge in [0.05, 0.1) is 17.4 Å². The number of ether oxygens (including phenoxy) is 1. The second-order valence-electron chi connectivity index (χ2n) is 8.11. The fraction of sp³-hybridized carbons (Fsp3) is 0.0370. The van der Waals surface area contributed by atoms with E-state index in [1.54, 1.807) is 54.7 Å². The van der Waals surface area contributed by atoms with E-state index >= 15 is 0 Å². The number of hydrogen-bond donors (Lipinski definition) is 2. The molecule has 0 atom stereocenters. The van der Waals surface area contributed by atoms with Crippen LogP contribution in [0.25, 0.3) is 27.9 Å². The van der Waals surface area contributed by atoms with Gasteiger partial charge in [0.15, 0.2) is 0 Å². The zero-order valence-corrected chi connectivity index (χ0v) is 19.8. The third kappa shape index (κ3) is 5.26. The highest BCUT2D eigenvalue weighted by atomic mass is 35.5. The normalized spacial score (nSPS) is 10.9. The average molecular weight is 517 g/mol. The highest BCUT2D eigenvalue weighted by Crippen LogP contribution is 2.30. The summed E-state index contributed by atoms with van der Waals surface area (Å²) in [5, 5.41) is 0.311. The number of halogens is 2. The topological polar surface area (TPSA) is 110 Å². The minimum absolute atomic E-state index is 0.0876. The zero-order chi connectivity index (χ0) is 25.9. The van der Waals surface area contributed by atoms with E-state index in [1.165, 1.54) is 35.3 Å². The molecule has 10 heteroatoms. The summed E-state index contributed by atoms with van der Waals surface area (Å²) in [5.74, 6) is -0.00993. The molecular formula is C27H18ClFN4O4. The summed E-state index contributed by atoms with van der Waals surface area (Å²) in [6.45, 7) is 0.0876. The number of H-pyrrole nitrogens is 2. The first-order valence-electron chi connectivity index (χ1n) is 11.0. The van der Waals surface area contributed by atoms with Crippen molar-refractivity contribution in [2.75, 3.05) is 0 Å². The number of aromatic amines is 2. The van der Waals surface area contributed by atoms with Crippen molar-refractivity contribution in [3.05, 3.63) is 133 Å². The molecule has 0 aliphatic carbocycles. The van der Waals surface area contributed by atoms with Crippen LogP contribution in [0.4, 0.5) is 4.39 Å². The van der Waals surface area contributed by atoms with Crippen LogP contribution in [0, 0.1) is 5.82 Å². The Kier molecular flexibility index (Phi) is 6.53. The Morgan fingerprint density at radius 3 is 2.59 bits per heavy atom. The quantitative estimate of drug-likeness (QED) is 0.349. The molecule has 0 aliphatic rings. The molecule has 2 aromatic carbocycles. The van der Waals surface area contributed by atoms with Gasteiger partial charge < -0.3 is 9.72 Å². The summed E-state index contributed by atoms with van der Waals surface area (Å²) in [7, 11) is 0. The molecule has 5 aromatic rings. The standard InChI is InChI=1S/C27H18ClFN4O4/c28-19-8-17(9-22(11-19)37-15-16-3-1-4-20(29)7-16)23-10-18(24-13-31-27(36)32-25(24)34)14-33(26(23)35)21-5-2-6-30-12-21/h1-14H,15H2,(H2,31,32,34,36). The Balaban J connectivity index is 1.64. The molecule has 0 bridgehead atoms. The lowest BCUT2D eigenvalue weighted by molar-refractivity contribution is 0.305. The number of rotatable bonds is 6. The summed E-state index contributed by atoms with van der Waals surface area (Å²) in [5.41, 5.74) is 0.635. The fourth-order valence-corrected chi connectivity index (χ4v) is 4.07. The van der Waals surface area contributed by atoms with E-state index in [1.807, 2.05) is 0 Å². The molecule has 5 rings (SSSR count). The predicted octanol–water partition coefficient (Wildman–Crippen LogP) is 4.31. The number of hydrogen-bond acceptors (Lipinski definition) is 5. The molecule has 0 spiro atoms. The summed E-state index contributed by atoms with van der Waals surface area (Å²) in [4.78, 5) is 46.4. The average Bonchev–Trinajstić information content (AvgIpc) is 2.88. The molecule has 0 fully saturated rings. The van der Waals surface area contributed by atoms with Gasteiger partial charge in [-0.1, -0.05) is 23.7 Å². The van der Waals surface area contributed by atoms with E-state index in [0.29, 0.717) is 33.1 Å². The predicted molar refractivity (Wildman–Crippen MR) is 138 cm³/mol. The van der Waals surface area contributed by atoms with Crippen LogP contribution in [0.3, 0.4) is 0 Å². The molecule has 8 nitrogen and oxygen atoms in total. The van der Waals surface area contributed by atoms with Crippen LogP contribution >= 0.6 is 11.6 Å². The maximum Gasteiger partial charge on any atom is 0.325 e. The SMILES string of the molecule is O=c1[nH]cc(-c2cc(-c3cc(Cl)cc(OCc4cccc(F)c4)c3)c(=O)n(-c3cccnc3)c2)c(=O)[nH]1. The molecule has 0 amide bonds. The zero-order valence-electron chi connectivity index (χ0n) is 19.1. The molecule has 0 unspecified atom stereocenters. The van der Waals surface area contributed by atoms with E-state index in [-0.39, 0.29) is 23.6 Å². The Morgan fingerprint density at radius 1 is 0.973 bits per heavy atom. The molecule has 3 heterocycles. The highest BCUT2D eigenvalue weighted by Gasteiger charge is 2.15. The van der Waals surface area contributed by atoms with Crippen LogP contribution < -0.4 is 21.5 Å². The van der Waals surface area contributed by atoms with Crippen molar-refractivity contribution in [3.8, 4) is 33.7 Å². The van der Waals surface area contributed by atoms with Crippen molar-refractivity contribution in [1.29, 1.82) is 0 Å². The third-order valence-corrected chi connectivity index (χ3v) is 5.77. The highest BCUT2D eigenvalue weighted by molar-refractivity contribution is 6.31. The Morgan fingerprint density at radius 2 is 1.84 bits per heavy atom. The number of aromatic nitrogens is 4. The number of nitrogens with one attached hydrogen (secondary N) is 2. The Labute approximate surface area is 213 Å². The number of nitrogens with zero attached hydrogens (tertiary/aromatic N) is 2. The lowest BCUT2D eigenvalue weighted by atomic mass is 10.0. The Hall–Kier alpha value is -4.76. The van der Waals surface area contributed by atoms with Crippen LogP contribution in [0.1, 0.15) is 5.56 Å². The lowest BCUT2D eigenvalue weighted by Crippen LogP contribution is -2.24. The molecule has 0 saturated carbocycles. The monoisotopic (exact) mass is 516 g/mol. The summed E-state index contributed by atoms with van der Waals surface area (Å²) in [6.07, 6.45) is 5.87. The molecule has 0 saturated heterocycles. The van der Waals surface area contributed by atoms with E-state index in [4.69, 9.17) is 16.3 Å². The number of pyridine rings is 2. The van der Waals surface area contributed by atoms with Gasteiger partial charge in [0.1, 0.15) is 18.2 Å². The third-order valence-electron chi connectivity index (χ3n) is 5.55. The van der Waals surface area contributed by atoms with Crippen molar-refractivity contribution in [2.24, 2.45) is 0 Å². The van der Waals surface area contributed by atoms with E-state index in [2.05, 4.69) is 15.0 Å². The maximum atomic E-state index is 13.6. The van der Waals surface area contributed by atoms with Gasteiger partial charge in [0.2, 0.25) is 0 Å². The minimum Gasteiger partial charge on any atom is -0.489 e. The maximum absolute atomic E-state index is 13.6. The number of benzene rings is 2. The molecular weight excluding hydrogens is 499 g/mol. The van der Waals surface area contributed by atoms with Crippen molar-refractivity contribution in [1.82, 2.24) is 19.5 Å². The van der Waals surface area contributed by atoms with E-state index in [9.17, 15) is 18.8 Å². The van der Waals surface area contributed by atoms with Gasteiger partial charge in [-0.2, -0.15) is 0 Å². The second-order valence-corrected chi connectivity index (χ2v) is 8.55. The van der Waals surface area contributed by atoms with Crippen LogP contribution in [-0.4, -0.2) is 19.5 Å². The molecule has 2 N–H and O–H groups in total. The first-order valence-corrected chi connectivity index (χ1v) is 11.4. The van der Waals surface area contributed by atoms with Crippen LogP contribution in [0.2, 0.25) is 5.02 Å². The van der Waals surface area contributed by atoms with Gasteiger partial charge in [0, 0.05) is 34.7 Å². The first-order chi connectivity index (χ1) is 17.9. The summed E-state index contributed by atoms with van der Waals surface area (Å²) >= 11 is 6.36. The first kappa shape index (κ1) is 24.0. The van der Waals surface area contributed by atoms with Crippen molar-refractivity contribution < 1.29 is 9.13 Å². The van der Waals surface area contributed by atoms with Crippen LogP contribution in [0.15, 0.2) is 99.8 Å². The molecule has 0 aliphatic heterocycles. The van der Waals surface area contributed by atoms with Crippen LogP contribution in [-0.2, 0) is 6.61 Å². The molecule has 37 heavy (non-hydrogen) atoms. The van der Waals surface area contributed by atoms with Crippen molar-refractivity contribution in [2.45, 2.75) is 6.61 Å². The molecule has 3 aromatic heterocycles. The van der Waals surface area contributed by atoms with E-state index in [0.717, 1.165) is 0 Å². The van der Waals surface area contributed by atoms with Gasteiger partial charge in [-0.25, -0.2) is 9.18 Å². The van der Waals surface area contributed by atoms with E-state index < -0.39 is 16.8 Å². The second kappa shape index (κ2) is 10.1. The Bertz CT molecular complexity index is 1780. The van der Waals surface area contributed by atoms with Crippen molar-refractivity contribution >= 4 is 11.6 Å². The van der Waals surface area contributed by atoms with Gasteiger partial charge in [-0.05, 0) is 59.7 Å². The van der Waals surface area contributed by atoms with Crippen LogP contribution in [0.5, 0.6) is 5.75 Å². The summed E-state index contributed by atoms with van der Waals surface area (Å²) in [6, 6.07) is 15.8. The molecule has 0 radical (unpaired) electrons. The largest absolute Gasteiger partial charge is 0.489 e. The summed E-state index contributed by atoms with van der Waals surface area (Å²) < 4.78 is 20.7. The van der Waals surface area contributed by atoms with Gasteiger partial charge >= 0.3 is 5.69 Å². The van der Waals surface area contributed by atoms with Gasteiger partial charge in [-0.15, -0.1) is 0 Å². The van der Waals surface area contributed by atoms with Gasteiger partial charge in [0.25, 0.3) is 11.1 Å². The minimum atomic E-state index is -0.649. The fourth-order valence-electron chi connectivity index (χ4n) is 3.84. The lowest BCUT2D eigenvalue weighted by Gasteiger charge is -2.13. The smallest absolute Gasteiger partial charge is 0.325 e.